The molecule has 0 aromatic heterocycles. The largest absolute Gasteiger partial charge is 0.413 e. The number of hydrogen-bond acceptors (Lipinski definition) is 3. The zero-order chi connectivity index (χ0) is 20.9. The lowest BCUT2D eigenvalue weighted by Crippen LogP contribution is -2.43. The van der Waals surface area contributed by atoms with Gasteiger partial charge in [-0.05, 0) is 43.8 Å². The molecule has 0 aromatic rings. The van der Waals surface area contributed by atoms with Crippen LogP contribution >= 0.6 is 0 Å². The molecule has 0 aliphatic heterocycles. The first-order chi connectivity index (χ1) is 12.5. The molecule has 0 bridgehead atoms. The standard InChI is InChI=1S/C23H42O3Si/c1-20(2)19-22(25-18-13-11-10-12-17-24-7)16-14-15-21(3)26-27(8,9)23(4,5)6/h20-22H,10,12,15,17-19H2,1-9H3. The van der Waals surface area contributed by atoms with Crippen molar-refractivity contribution in [1.82, 2.24) is 0 Å². The summed E-state index contributed by atoms with van der Waals surface area (Å²) in [4.78, 5) is 0. The van der Waals surface area contributed by atoms with E-state index in [4.69, 9.17) is 13.9 Å². The lowest BCUT2D eigenvalue weighted by molar-refractivity contribution is 0.103. The highest BCUT2D eigenvalue weighted by Gasteiger charge is 2.38. The van der Waals surface area contributed by atoms with Crippen molar-refractivity contribution in [2.24, 2.45) is 5.92 Å². The molecule has 2 unspecified atom stereocenters. The Kier molecular flexibility index (Phi) is 13.0. The van der Waals surface area contributed by atoms with Crippen LogP contribution in [0.1, 0.15) is 67.2 Å². The smallest absolute Gasteiger partial charge is 0.192 e. The van der Waals surface area contributed by atoms with Gasteiger partial charge in [0.05, 0.1) is 6.10 Å². The molecular weight excluding hydrogens is 352 g/mol. The maximum absolute atomic E-state index is 6.37. The predicted octanol–water partition coefficient (Wildman–Crippen LogP) is 5.65. The lowest BCUT2D eigenvalue weighted by atomic mass is 10.1. The maximum Gasteiger partial charge on any atom is 0.192 e. The molecule has 0 N–H and O–H groups in total. The molecule has 0 aliphatic rings. The third-order valence-electron chi connectivity index (χ3n) is 4.77. The average molecular weight is 395 g/mol. The van der Waals surface area contributed by atoms with E-state index in [2.05, 4.69) is 78.3 Å². The summed E-state index contributed by atoms with van der Waals surface area (Å²) < 4.78 is 17.3. The molecule has 4 heteroatoms. The van der Waals surface area contributed by atoms with Crippen molar-refractivity contribution in [3.8, 4) is 23.7 Å². The van der Waals surface area contributed by atoms with Crippen LogP contribution in [0, 0.1) is 29.6 Å². The van der Waals surface area contributed by atoms with Gasteiger partial charge in [-0.25, -0.2) is 0 Å². The molecule has 0 radical (unpaired) electrons. The van der Waals surface area contributed by atoms with E-state index in [0.29, 0.717) is 12.5 Å². The van der Waals surface area contributed by atoms with E-state index in [1.165, 1.54) is 0 Å². The molecular formula is C23H42O3Si. The molecule has 0 amide bonds. The zero-order valence-electron chi connectivity index (χ0n) is 19.2. The van der Waals surface area contributed by atoms with Gasteiger partial charge in [0, 0.05) is 26.6 Å². The molecule has 2 atom stereocenters. The molecule has 0 rings (SSSR count). The van der Waals surface area contributed by atoms with Gasteiger partial charge in [-0.3, -0.25) is 0 Å². The Morgan fingerprint density at radius 1 is 1.00 bits per heavy atom. The van der Waals surface area contributed by atoms with E-state index < -0.39 is 8.32 Å². The fraction of sp³-hybridized carbons (Fsp3) is 0.826. The number of unbranched alkanes of at least 4 members (excludes halogenated alkanes) is 1. The number of ether oxygens (including phenoxy) is 2. The van der Waals surface area contributed by atoms with Crippen LogP contribution in [0.4, 0.5) is 0 Å². The van der Waals surface area contributed by atoms with Crippen molar-refractivity contribution in [3.63, 3.8) is 0 Å². The van der Waals surface area contributed by atoms with Crippen molar-refractivity contribution in [2.75, 3.05) is 20.3 Å². The van der Waals surface area contributed by atoms with Crippen molar-refractivity contribution in [1.29, 1.82) is 0 Å². The minimum atomic E-state index is -1.74. The van der Waals surface area contributed by atoms with Crippen molar-refractivity contribution in [2.45, 2.75) is 97.6 Å². The molecule has 0 aromatic carbocycles. The molecule has 0 saturated carbocycles. The Bertz CT molecular complexity index is 512. The Morgan fingerprint density at radius 3 is 2.22 bits per heavy atom. The van der Waals surface area contributed by atoms with Crippen LogP contribution in [-0.4, -0.2) is 40.8 Å². The molecule has 0 fully saturated rings. The first kappa shape index (κ1) is 26.2. The summed E-state index contributed by atoms with van der Waals surface area (Å²) in [5, 5.41) is 0.222. The first-order valence-electron chi connectivity index (χ1n) is 10.2. The van der Waals surface area contributed by atoms with E-state index in [-0.39, 0.29) is 17.2 Å². The SMILES string of the molecule is COCCCC#CCOC(C#CCC(C)O[Si](C)(C)C(C)(C)C)CC(C)C. The highest BCUT2D eigenvalue weighted by Crippen LogP contribution is 2.37. The summed E-state index contributed by atoms with van der Waals surface area (Å²) in [5.41, 5.74) is 0. The van der Waals surface area contributed by atoms with Gasteiger partial charge >= 0.3 is 0 Å². The summed E-state index contributed by atoms with van der Waals surface area (Å²) in [6.07, 6.45) is 3.57. The summed E-state index contributed by atoms with van der Waals surface area (Å²) >= 11 is 0. The normalized spacial score (nSPS) is 14.1. The fourth-order valence-corrected chi connectivity index (χ4v) is 3.66. The summed E-state index contributed by atoms with van der Waals surface area (Å²) in [6.45, 7) is 19.1. The number of methoxy groups -OCH3 is 1. The second-order valence-corrected chi connectivity index (χ2v) is 13.8. The van der Waals surface area contributed by atoms with E-state index >= 15 is 0 Å². The summed E-state index contributed by atoms with van der Waals surface area (Å²) in [5.74, 6) is 13.3. The van der Waals surface area contributed by atoms with Gasteiger partial charge in [0.2, 0.25) is 0 Å². The highest BCUT2D eigenvalue weighted by atomic mass is 28.4. The number of rotatable bonds is 10. The second-order valence-electron chi connectivity index (χ2n) is 9.09. The maximum atomic E-state index is 6.37. The highest BCUT2D eigenvalue weighted by molar-refractivity contribution is 6.74. The minimum Gasteiger partial charge on any atom is -0.413 e. The van der Waals surface area contributed by atoms with E-state index in [1.54, 1.807) is 7.11 Å². The lowest BCUT2D eigenvalue weighted by Gasteiger charge is -2.38. The Hall–Kier alpha value is -0.783. The van der Waals surface area contributed by atoms with Gasteiger partial charge in [-0.2, -0.15) is 0 Å². The minimum absolute atomic E-state index is 0.0571. The monoisotopic (exact) mass is 394 g/mol. The van der Waals surface area contributed by atoms with Crippen LogP contribution in [0.2, 0.25) is 18.1 Å². The second kappa shape index (κ2) is 13.4. The molecule has 27 heavy (non-hydrogen) atoms. The van der Waals surface area contributed by atoms with Crippen LogP contribution in [0.3, 0.4) is 0 Å². The van der Waals surface area contributed by atoms with Crippen LogP contribution in [-0.2, 0) is 13.9 Å². The molecule has 0 aliphatic carbocycles. The third-order valence-corrected chi connectivity index (χ3v) is 9.38. The van der Waals surface area contributed by atoms with Gasteiger partial charge in [0.25, 0.3) is 0 Å². The Morgan fingerprint density at radius 2 is 1.67 bits per heavy atom. The summed E-state index contributed by atoms with van der Waals surface area (Å²) in [6, 6.07) is 0. The van der Waals surface area contributed by atoms with Gasteiger partial charge in [-0.1, -0.05) is 52.4 Å². The van der Waals surface area contributed by atoms with Crippen LogP contribution in [0.25, 0.3) is 0 Å². The molecule has 0 spiro atoms. The topological polar surface area (TPSA) is 27.7 Å². The van der Waals surface area contributed by atoms with Crippen molar-refractivity contribution >= 4 is 8.32 Å². The summed E-state index contributed by atoms with van der Waals surface area (Å²) in [7, 11) is -0.0253. The Balaban J connectivity index is 4.53. The van der Waals surface area contributed by atoms with Crippen LogP contribution < -0.4 is 0 Å². The zero-order valence-corrected chi connectivity index (χ0v) is 20.2. The predicted molar refractivity (Wildman–Crippen MR) is 118 cm³/mol. The van der Waals surface area contributed by atoms with Crippen LogP contribution in [0.5, 0.6) is 0 Å². The van der Waals surface area contributed by atoms with E-state index in [0.717, 1.165) is 32.3 Å². The van der Waals surface area contributed by atoms with Gasteiger partial charge in [0.1, 0.15) is 12.7 Å². The van der Waals surface area contributed by atoms with E-state index in [9.17, 15) is 0 Å². The van der Waals surface area contributed by atoms with E-state index in [1.807, 2.05) is 0 Å². The average Bonchev–Trinajstić information content (AvgIpc) is 2.51. The van der Waals surface area contributed by atoms with Gasteiger partial charge in [0.15, 0.2) is 8.32 Å². The van der Waals surface area contributed by atoms with Crippen molar-refractivity contribution in [3.05, 3.63) is 0 Å². The molecule has 3 nitrogen and oxygen atoms in total. The third kappa shape index (κ3) is 13.1. The van der Waals surface area contributed by atoms with Crippen LogP contribution in [0.15, 0.2) is 0 Å². The molecule has 156 valence electrons. The molecule has 0 saturated heterocycles. The number of hydrogen-bond donors (Lipinski definition) is 0. The molecule has 0 heterocycles. The van der Waals surface area contributed by atoms with Gasteiger partial charge < -0.3 is 13.9 Å². The van der Waals surface area contributed by atoms with Gasteiger partial charge in [-0.15, -0.1) is 5.92 Å². The van der Waals surface area contributed by atoms with Crippen molar-refractivity contribution < 1.29 is 13.9 Å². The fourth-order valence-electron chi connectivity index (χ4n) is 2.22. The quantitative estimate of drug-likeness (QED) is 0.272. The Labute approximate surface area is 170 Å². The first-order valence-corrected chi connectivity index (χ1v) is 13.1.